The molecule has 1 heterocycles. The molecule has 1 N–H and O–H groups in total. The molecule has 1 fully saturated rings. The fourth-order valence-electron chi connectivity index (χ4n) is 2.08. The van der Waals surface area contributed by atoms with E-state index in [9.17, 15) is 4.79 Å². The lowest BCUT2D eigenvalue weighted by atomic mass is 10.2. The summed E-state index contributed by atoms with van der Waals surface area (Å²) in [5, 5.41) is 3.27. The molecule has 0 bridgehead atoms. The highest BCUT2D eigenvalue weighted by Crippen LogP contribution is 2.26. The van der Waals surface area contributed by atoms with E-state index in [1.165, 1.54) is 5.56 Å². The van der Waals surface area contributed by atoms with Gasteiger partial charge in [-0.05, 0) is 40.2 Å². The van der Waals surface area contributed by atoms with Gasteiger partial charge in [0.25, 0.3) is 5.91 Å². The molecule has 5 nitrogen and oxygen atoms in total. The average molecular weight is 357 g/mol. The van der Waals surface area contributed by atoms with Crippen LogP contribution < -0.4 is 10.1 Å². The Kier molecular flexibility index (Phi) is 6.48. The van der Waals surface area contributed by atoms with Crippen LogP contribution in [0.1, 0.15) is 12.5 Å². The van der Waals surface area contributed by atoms with Gasteiger partial charge < -0.3 is 19.7 Å². The van der Waals surface area contributed by atoms with Crippen molar-refractivity contribution in [3.05, 3.63) is 28.2 Å². The minimum absolute atomic E-state index is 0.00178. The van der Waals surface area contributed by atoms with Crippen molar-refractivity contribution in [2.75, 3.05) is 39.5 Å². The zero-order valence-electron chi connectivity index (χ0n) is 12.2. The molecule has 1 aromatic carbocycles. The number of hydrogen-bond acceptors (Lipinski definition) is 4. The summed E-state index contributed by atoms with van der Waals surface area (Å²) in [5.41, 5.74) is 1.18. The van der Waals surface area contributed by atoms with Crippen LogP contribution >= 0.6 is 15.9 Å². The lowest BCUT2D eigenvalue weighted by Gasteiger charge is -2.26. The van der Waals surface area contributed by atoms with Gasteiger partial charge in [0.1, 0.15) is 5.75 Å². The summed E-state index contributed by atoms with van der Waals surface area (Å²) < 4.78 is 11.7. The summed E-state index contributed by atoms with van der Waals surface area (Å²) in [4.78, 5) is 13.8. The van der Waals surface area contributed by atoms with Gasteiger partial charge in [0.15, 0.2) is 6.61 Å². The number of amides is 1. The second kappa shape index (κ2) is 8.36. The third-order valence-electron chi connectivity index (χ3n) is 3.29. The number of benzene rings is 1. The van der Waals surface area contributed by atoms with Crippen LogP contribution in [0, 0.1) is 0 Å². The molecule has 0 saturated carbocycles. The van der Waals surface area contributed by atoms with Gasteiger partial charge in [0.05, 0.1) is 17.7 Å². The highest BCUT2D eigenvalue weighted by atomic mass is 79.9. The van der Waals surface area contributed by atoms with Crippen molar-refractivity contribution >= 4 is 21.8 Å². The number of ether oxygens (including phenoxy) is 2. The Bertz CT molecular complexity index is 476. The van der Waals surface area contributed by atoms with Gasteiger partial charge in [-0.15, -0.1) is 0 Å². The third-order valence-corrected chi connectivity index (χ3v) is 3.91. The van der Waals surface area contributed by atoms with Crippen molar-refractivity contribution in [1.29, 1.82) is 0 Å². The summed E-state index contributed by atoms with van der Waals surface area (Å²) in [5.74, 6) is 0.693. The Labute approximate surface area is 133 Å². The van der Waals surface area contributed by atoms with Crippen molar-refractivity contribution in [3.63, 3.8) is 0 Å². The van der Waals surface area contributed by atoms with Crippen LogP contribution in [0.2, 0.25) is 0 Å². The van der Waals surface area contributed by atoms with E-state index in [-0.39, 0.29) is 12.5 Å². The fraction of sp³-hybridized carbons (Fsp3) is 0.533. The first-order chi connectivity index (χ1) is 10.2. The Morgan fingerprint density at radius 3 is 2.86 bits per heavy atom. The highest BCUT2D eigenvalue weighted by molar-refractivity contribution is 9.10. The van der Waals surface area contributed by atoms with Crippen LogP contribution in [0.5, 0.6) is 5.75 Å². The van der Waals surface area contributed by atoms with Crippen LogP contribution in [-0.2, 0) is 16.1 Å². The fourth-order valence-corrected chi connectivity index (χ4v) is 2.62. The Morgan fingerprint density at radius 1 is 1.43 bits per heavy atom. The monoisotopic (exact) mass is 356 g/mol. The van der Waals surface area contributed by atoms with Gasteiger partial charge >= 0.3 is 0 Å². The maximum Gasteiger partial charge on any atom is 0.260 e. The van der Waals surface area contributed by atoms with Gasteiger partial charge in [0.2, 0.25) is 0 Å². The van der Waals surface area contributed by atoms with Gasteiger partial charge in [-0.2, -0.15) is 0 Å². The Hall–Kier alpha value is -1.11. The lowest BCUT2D eigenvalue weighted by molar-refractivity contribution is -0.137. The summed E-state index contributed by atoms with van der Waals surface area (Å²) in [6.45, 7) is 6.39. The first-order valence-corrected chi connectivity index (χ1v) is 7.97. The van der Waals surface area contributed by atoms with Crippen molar-refractivity contribution in [1.82, 2.24) is 10.2 Å². The summed E-state index contributed by atoms with van der Waals surface area (Å²) in [7, 11) is 0. The lowest BCUT2D eigenvalue weighted by Crippen LogP contribution is -2.43. The predicted molar refractivity (Wildman–Crippen MR) is 84.4 cm³/mol. The van der Waals surface area contributed by atoms with E-state index in [1.54, 1.807) is 4.90 Å². The van der Waals surface area contributed by atoms with Crippen LogP contribution in [0.15, 0.2) is 22.7 Å². The number of halogens is 1. The van der Waals surface area contributed by atoms with E-state index in [0.29, 0.717) is 32.1 Å². The summed E-state index contributed by atoms with van der Waals surface area (Å²) >= 11 is 3.49. The van der Waals surface area contributed by atoms with Crippen molar-refractivity contribution < 1.29 is 14.3 Å². The number of morpholine rings is 1. The first kappa shape index (κ1) is 16.3. The molecule has 116 valence electrons. The topological polar surface area (TPSA) is 50.8 Å². The molecular weight excluding hydrogens is 336 g/mol. The molecular formula is C15H21BrN2O3. The number of rotatable bonds is 6. The molecule has 1 aliphatic rings. The average Bonchev–Trinajstić information content (AvgIpc) is 2.52. The predicted octanol–water partition coefficient (Wildman–Crippen LogP) is 1.80. The molecule has 0 unspecified atom stereocenters. The first-order valence-electron chi connectivity index (χ1n) is 7.18. The second-order valence-electron chi connectivity index (χ2n) is 4.83. The SMILES string of the molecule is CCNCc1ccc(OCC(=O)N2CCOCC2)c(Br)c1. The van der Waals surface area contributed by atoms with Crippen LogP contribution in [0.3, 0.4) is 0 Å². The molecule has 0 spiro atoms. The molecule has 0 aliphatic carbocycles. The quantitative estimate of drug-likeness (QED) is 0.844. The van der Waals surface area contributed by atoms with Crippen LogP contribution in [-0.4, -0.2) is 50.3 Å². The van der Waals surface area contributed by atoms with E-state index in [2.05, 4.69) is 28.2 Å². The van der Waals surface area contributed by atoms with E-state index >= 15 is 0 Å². The summed E-state index contributed by atoms with van der Waals surface area (Å²) in [6.07, 6.45) is 0. The van der Waals surface area contributed by atoms with E-state index < -0.39 is 0 Å². The largest absolute Gasteiger partial charge is 0.483 e. The van der Waals surface area contributed by atoms with E-state index in [1.807, 2.05) is 18.2 Å². The molecule has 1 saturated heterocycles. The standard InChI is InChI=1S/C15H21BrN2O3/c1-2-17-10-12-3-4-14(13(16)9-12)21-11-15(19)18-5-7-20-8-6-18/h3-4,9,17H,2,5-8,10-11H2,1H3. The number of hydrogen-bond donors (Lipinski definition) is 1. The smallest absolute Gasteiger partial charge is 0.260 e. The number of carbonyl (C=O) groups is 1. The van der Waals surface area contributed by atoms with Crippen LogP contribution in [0.4, 0.5) is 0 Å². The minimum Gasteiger partial charge on any atom is -0.483 e. The molecule has 0 radical (unpaired) electrons. The molecule has 0 aromatic heterocycles. The molecule has 21 heavy (non-hydrogen) atoms. The van der Waals surface area contributed by atoms with E-state index in [4.69, 9.17) is 9.47 Å². The van der Waals surface area contributed by atoms with Crippen molar-refractivity contribution in [2.24, 2.45) is 0 Å². The third kappa shape index (κ3) is 4.98. The van der Waals surface area contributed by atoms with Crippen molar-refractivity contribution in [3.8, 4) is 5.75 Å². The molecule has 0 atom stereocenters. The zero-order chi connectivity index (χ0) is 15.1. The summed E-state index contributed by atoms with van der Waals surface area (Å²) in [6, 6.07) is 5.91. The van der Waals surface area contributed by atoms with Gasteiger partial charge in [-0.1, -0.05) is 13.0 Å². The number of carbonyl (C=O) groups excluding carboxylic acids is 1. The number of nitrogens with one attached hydrogen (secondary N) is 1. The normalized spacial score (nSPS) is 15.0. The van der Waals surface area contributed by atoms with Crippen molar-refractivity contribution in [2.45, 2.75) is 13.5 Å². The highest BCUT2D eigenvalue weighted by Gasteiger charge is 2.17. The van der Waals surface area contributed by atoms with Gasteiger partial charge in [-0.25, -0.2) is 0 Å². The maximum atomic E-state index is 12.0. The molecule has 6 heteroatoms. The Balaban J connectivity index is 1.86. The molecule has 1 aromatic rings. The number of nitrogens with zero attached hydrogens (tertiary/aromatic N) is 1. The Morgan fingerprint density at radius 2 is 2.19 bits per heavy atom. The zero-order valence-corrected chi connectivity index (χ0v) is 13.8. The molecule has 1 aliphatic heterocycles. The minimum atomic E-state index is 0.00178. The van der Waals surface area contributed by atoms with Crippen LogP contribution in [0.25, 0.3) is 0 Å². The van der Waals surface area contributed by atoms with Gasteiger partial charge in [0, 0.05) is 19.6 Å². The van der Waals surface area contributed by atoms with E-state index in [0.717, 1.165) is 17.6 Å². The van der Waals surface area contributed by atoms with Gasteiger partial charge in [-0.3, -0.25) is 4.79 Å². The maximum absolute atomic E-state index is 12.0. The molecule has 1 amide bonds. The second-order valence-corrected chi connectivity index (χ2v) is 5.68. The molecule has 2 rings (SSSR count).